The first-order valence-corrected chi connectivity index (χ1v) is 8.58. The predicted octanol–water partition coefficient (Wildman–Crippen LogP) is 4.99. The molecule has 0 saturated heterocycles. The Labute approximate surface area is 144 Å². The highest BCUT2D eigenvalue weighted by molar-refractivity contribution is 14.1. The Morgan fingerprint density at radius 2 is 1.77 bits per heavy atom. The number of para-hydroxylation sites is 1. The average Bonchev–Trinajstić information content (AvgIpc) is 2.50. The molecular weight excluding hydrogens is 389 g/mol. The molecule has 114 valence electrons. The maximum Gasteiger partial charge on any atom is 0.414 e. The number of halogens is 1. The summed E-state index contributed by atoms with van der Waals surface area (Å²) in [5.74, 6) is 0. The molecule has 1 aliphatic rings. The Morgan fingerprint density at radius 1 is 1.09 bits per heavy atom. The lowest BCUT2D eigenvalue weighted by Crippen LogP contribution is -2.45. The molecule has 4 heteroatoms. The minimum atomic E-state index is -0.252. The Kier molecular flexibility index (Phi) is 4.97. The van der Waals surface area contributed by atoms with Crippen LogP contribution < -0.4 is 4.90 Å². The number of nitrogens with zero attached hydrogens (tertiary/aromatic N) is 1. The molecule has 1 saturated carbocycles. The van der Waals surface area contributed by atoms with E-state index >= 15 is 0 Å². The zero-order valence-corrected chi connectivity index (χ0v) is 14.4. The van der Waals surface area contributed by atoms with Crippen LogP contribution in [0, 0.1) is 3.57 Å². The highest BCUT2D eigenvalue weighted by Gasteiger charge is 2.32. The summed E-state index contributed by atoms with van der Waals surface area (Å²) in [6, 6.07) is 18.0. The molecule has 0 radical (unpaired) electrons. The number of carbonyl (C=O) groups is 1. The lowest BCUT2D eigenvalue weighted by molar-refractivity contribution is 0.141. The first kappa shape index (κ1) is 15.3. The SMILES string of the molecule is O=C(OCc1ccccc1)N(c1ccccc1I)C1CCC1. The molecule has 0 spiro atoms. The van der Waals surface area contributed by atoms with Crippen LogP contribution in [0.5, 0.6) is 0 Å². The van der Waals surface area contributed by atoms with Crippen molar-refractivity contribution in [1.82, 2.24) is 0 Å². The molecular formula is C18H18INO2. The lowest BCUT2D eigenvalue weighted by atomic mass is 9.91. The summed E-state index contributed by atoms with van der Waals surface area (Å²) in [6.45, 7) is 0.312. The highest BCUT2D eigenvalue weighted by atomic mass is 127. The van der Waals surface area contributed by atoms with E-state index < -0.39 is 0 Å². The van der Waals surface area contributed by atoms with E-state index in [4.69, 9.17) is 4.74 Å². The number of ether oxygens (including phenoxy) is 1. The fourth-order valence-electron chi connectivity index (χ4n) is 2.52. The largest absolute Gasteiger partial charge is 0.444 e. The van der Waals surface area contributed by atoms with Gasteiger partial charge >= 0.3 is 6.09 Å². The van der Waals surface area contributed by atoms with E-state index in [1.54, 1.807) is 0 Å². The first-order chi connectivity index (χ1) is 10.8. The third kappa shape index (κ3) is 3.43. The predicted molar refractivity (Wildman–Crippen MR) is 95.9 cm³/mol. The highest BCUT2D eigenvalue weighted by Crippen LogP contribution is 2.33. The van der Waals surface area contributed by atoms with Gasteiger partial charge in [0.1, 0.15) is 6.61 Å². The standard InChI is InChI=1S/C18H18INO2/c19-16-11-4-5-12-17(16)20(15-9-6-10-15)18(21)22-13-14-7-2-1-3-8-14/h1-5,7-8,11-12,15H,6,9-10,13H2. The minimum Gasteiger partial charge on any atom is -0.444 e. The van der Waals surface area contributed by atoms with Crippen molar-refractivity contribution < 1.29 is 9.53 Å². The van der Waals surface area contributed by atoms with Crippen molar-refractivity contribution >= 4 is 34.4 Å². The third-order valence-electron chi connectivity index (χ3n) is 3.95. The Bertz CT molecular complexity index is 641. The monoisotopic (exact) mass is 407 g/mol. The summed E-state index contributed by atoms with van der Waals surface area (Å²) in [4.78, 5) is 14.4. The summed E-state index contributed by atoms with van der Waals surface area (Å²) in [5, 5.41) is 0. The van der Waals surface area contributed by atoms with Crippen molar-refractivity contribution in [2.24, 2.45) is 0 Å². The van der Waals surface area contributed by atoms with Crippen LogP contribution in [0.25, 0.3) is 0 Å². The fraction of sp³-hybridized carbons (Fsp3) is 0.278. The molecule has 0 unspecified atom stereocenters. The number of benzene rings is 2. The third-order valence-corrected chi connectivity index (χ3v) is 4.87. The molecule has 0 N–H and O–H groups in total. The molecule has 1 amide bonds. The van der Waals surface area contributed by atoms with Gasteiger partial charge in [0.2, 0.25) is 0 Å². The van der Waals surface area contributed by atoms with Crippen LogP contribution in [-0.4, -0.2) is 12.1 Å². The van der Waals surface area contributed by atoms with Gasteiger partial charge in [-0.05, 0) is 59.5 Å². The van der Waals surface area contributed by atoms with Gasteiger partial charge in [-0.25, -0.2) is 4.79 Å². The normalized spacial score (nSPS) is 14.2. The van der Waals surface area contributed by atoms with Crippen molar-refractivity contribution in [2.45, 2.75) is 31.9 Å². The maximum atomic E-state index is 12.6. The lowest BCUT2D eigenvalue weighted by Gasteiger charge is -2.37. The van der Waals surface area contributed by atoms with Crippen LogP contribution in [0.2, 0.25) is 0 Å². The second kappa shape index (κ2) is 7.13. The molecule has 0 atom stereocenters. The summed E-state index contributed by atoms with van der Waals surface area (Å²) in [6.07, 6.45) is 3.02. The molecule has 0 aliphatic heterocycles. The summed E-state index contributed by atoms with van der Waals surface area (Å²) < 4.78 is 6.61. The molecule has 3 rings (SSSR count). The van der Waals surface area contributed by atoms with E-state index in [9.17, 15) is 4.79 Å². The number of rotatable bonds is 4. The molecule has 2 aromatic carbocycles. The van der Waals surface area contributed by atoms with Gasteiger partial charge in [-0.15, -0.1) is 0 Å². The van der Waals surface area contributed by atoms with Gasteiger partial charge in [0.25, 0.3) is 0 Å². The molecule has 2 aromatic rings. The van der Waals surface area contributed by atoms with Gasteiger partial charge in [0, 0.05) is 9.61 Å². The zero-order valence-electron chi connectivity index (χ0n) is 12.2. The molecule has 3 nitrogen and oxygen atoms in total. The van der Waals surface area contributed by atoms with E-state index in [-0.39, 0.29) is 12.1 Å². The van der Waals surface area contributed by atoms with Crippen LogP contribution in [-0.2, 0) is 11.3 Å². The average molecular weight is 407 g/mol. The first-order valence-electron chi connectivity index (χ1n) is 7.50. The van der Waals surface area contributed by atoms with Gasteiger partial charge in [-0.2, -0.15) is 0 Å². The summed E-state index contributed by atoms with van der Waals surface area (Å²) in [7, 11) is 0. The van der Waals surface area contributed by atoms with Gasteiger partial charge in [-0.1, -0.05) is 42.5 Å². The maximum absolute atomic E-state index is 12.6. The number of hydrogen-bond donors (Lipinski definition) is 0. The number of amides is 1. The topological polar surface area (TPSA) is 29.5 Å². The van der Waals surface area contributed by atoms with E-state index in [0.29, 0.717) is 6.61 Å². The van der Waals surface area contributed by atoms with Gasteiger partial charge in [0.05, 0.1) is 5.69 Å². The Balaban J connectivity index is 1.75. The van der Waals surface area contributed by atoms with Crippen molar-refractivity contribution in [3.05, 3.63) is 63.7 Å². The molecule has 0 bridgehead atoms. The summed E-state index contributed by atoms with van der Waals surface area (Å²) >= 11 is 2.27. The van der Waals surface area contributed by atoms with Crippen LogP contribution in [0.1, 0.15) is 24.8 Å². The van der Waals surface area contributed by atoms with Crippen LogP contribution >= 0.6 is 22.6 Å². The zero-order chi connectivity index (χ0) is 15.4. The molecule has 0 heterocycles. The summed E-state index contributed by atoms with van der Waals surface area (Å²) in [5.41, 5.74) is 1.96. The van der Waals surface area contributed by atoms with E-state index in [1.165, 1.54) is 6.42 Å². The smallest absolute Gasteiger partial charge is 0.414 e. The fourth-order valence-corrected chi connectivity index (χ4v) is 3.17. The molecule has 1 aliphatic carbocycles. The molecule has 22 heavy (non-hydrogen) atoms. The minimum absolute atomic E-state index is 0.252. The van der Waals surface area contributed by atoms with E-state index in [1.807, 2.05) is 59.5 Å². The van der Waals surface area contributed by atoms with Gasteiger partial charge in [0.15, 0.2) is 0 Å². The van der Waals surface area contributed by atoms with E-state index in [0.717, 1.165) is 27.7 Å². The Morgan fingerprint density at radius 3 is 2.41 bits per heavy atom. The van der Waals surface area contributed by atoms with Crippen LogP contribution in [0.3, 0.4) is 0 Å². The Hall–Kier alpha value is -1.56. The molecule has 1 fully saturated rings. The van der Waals surface area contributed by atoms with Crippen LogP contribution in [0.15, 0.2) is 54.6 Å². The van der Waals surface area contributed by atoms with Crippen LogP contribution in [0.4, 0.5) is 10.5 Å². The quantitative estimate of drug-likeness (QED) is 0.669. The van der Waals surface area contributed by atoms with Gasteiger partial charge < -0.3 is 4.74 Å². The van der Waals surface area contributed by atoms with E-state index in [2.05, 4.69) is 22.6 Å². The van der Waals surface area contributed by atoms with Crippen molar-refractivity contribution in [3.8, 4) is 0 Å². The van der Waals surface area contributed by atoms with Gasteiger partial charge in [-0.3, -0.25) is 4.90 Å². The van der Waals surface area contributed by atoms with Crippen molar-refractivity contribution in [1.29, 1.82) is 0 Å². The second-order valence-corrected chi connectivity index (χ2v) is 6.61. The number of anilines is 1. The number of carbonyl (C=O) groups excluding carboxylic acids is 1. The molecule has 0 aromatic heterocycles. The second-order valence-electron chi connectivity index (χ2n) is 5.45. The van der Waals surface area contributed by atoms with Crippen molar-refractivity contribution in [2.75, 3.05) is 4.90 Å². The van der Waals surface area contributed by atoms with Crippen molar-refractivity contribution in [3.63, 3.8) is 0 Å². The number of hydrogen-bond acceptors (Lipinski definition) is 2.